The lowest BCUT2D eigenvalue weighted by atomic mass is 10.1. The first kappa shape index (κ1) is 19.3. The van der Waals surface area contributed by atoms with Gasteiger partial charge in [-0.3, -0.25) is 4.79 Å². The molecule has 0 radical (unpaired) electrons. The summed E-state index contributed by atoms with van der Waals surface area (Å²) in [5.41, 5.74) is 4.74. The van der Waals surface area contributed by atoms with E-state index >= 15 is 0 Å². The van der Waals surface area contributed by atoms with Gasteiger partial charge in [0.2, 0.25) is 5.91 Å². The van der Waals surface area contributed by atoms with Gasteiger partial charge in [-0.25, -0.2) is 9.07 Å². The highest BCUT2D eigenvalue weighted by molar-refractivity contribution is 5.79. The van der Waals surface area contributed by atoms with Gasteiger partial charge in [-0.15, -0.1) is 0 Å². The molecule has 0 spiro atoms. The van der Waals surface area contributed by atoms with Crippen LogP contribution < -0.4 is 5.32 Å². The number of halogens is 1. The quantitative estimate of drug-likeness (QED) is 0.734. The molecule has 5 nitrogen and oxygen atoms in total. The predicted octanol–water partition coefficient (Wildman–Crippen LogP) is 3.92. The number of aromatic nitrogens is 2. The number of aryl methyl sites for hydroxylation is 1. The molecule has 28 heavy (non-hydrogen) atoms. The maximum Gasteiger partial charge on any atom is 0.225 e. The average Bonchev–Trinajstić information content (AvgIpc) is 2.96. The lowest BCUT2D eigenvalue weighted by molar-refractivity contribution is -0.121. The van der Waals surface area contributed by atoms with E-state index in [4.69, 9.17) is 5.26 Å². The third-order valence-electron chi connectivity index (χ3n) is 4.77. The van der Waals surface area contributed by atoms with E-state index in [2.05, 4.69) is 16.5 Å². The third kappa shape index (κ3) is 4.09. The summed E-state index contributed by atoms with van der Waals surface area (Å²) < 4.78 is 14.9. The number of hydrogen-bond donors (Lipinski definition) is 1. The van der Waals surface area contributed by atoms with Crippen molar-refractivity contribution in [3.63, 3.8) is 0 Å². The molecule has 3 rings (SSSR count). The summed E-state index contributed by atoms with van der Waals surface area (Å²) in [6, 6.07) is 15.1. The van der Waals surface area contributed by atoms with Crippen LogP contribution in [0.4, 0.5) is 4.39 Å². The fourth-order valence-electron chi connectivity index (χ4n) is 3.15. The number of nitrogens with zero attached hydrogens (tertiary/aromatic N) is 3. The Morgan fingerprint density at radius 1 is 1.18 bits per heavy atom. The lowest BCUT2D eigenvalue weighted by Crippen LogP contribution is -2.28. The summed E-state index contributed by atoms with van der Waals surface area (Å²) in [5.74, 6) is -0.414. The highest BCUT2D eigenvalue weighted by atomic mass is 19.1. The monoisotopic (exact) mass is 376 g/mol. The molecule has 142 valence electrons. The zero-order chi connectivity index (χ0) is 20.3. The van der Waals surface area contributed by atoms with Gasteiger partial charge in [0.05, 0.1) is 35.5 Å². The van der Waals surface area contributed by atoms with E-state index in [0.717, 1.165) is 28.2 Å². The zero-order valence-electron chi connectivity index (χ0n) is 16.0. The van der Waals surface area contributed by atoms with Crippen LogP contribution in [0.1, 0.15) is 41.0 Å². The van der Waals surface area contributed by atoms with Crippen molar-refractivity contribution in [2.45, 2.75) is 33.2 Å². The molecule has 1 heterocycles. The molecule has 0 aliphatic rings. The van der Waals surface area contributed by atoms with Crippen molar-refractivity contribution in [2.75, 3.05) is 0 Å². The Balaban J connectivity index is 1.73. The minimum atomic E-state index is -0.304. The molecule has 0 aliphatic heterocycles. The Hall–Kier alpha value is -3.46. The second-order valence-electron chi connectivity index (χ2n) is 6.74. The highest BCUT2D eigenvalue weighted by Crippen LogP contribution is 2.20. The average molecular weight is 376 g/mol. The van der Waals surface area contributed by atoms with Gasteiger partial charge in [0.1, 0.15) is 5.82 Å². The minimum absolute atomic E-state index is 0.110. The zero-order valence-corrected chi connectivity index (χ0v) is 16.0. The molecule has 0 saturated carbocycles. The Morgan fingerprint density at radius 3 is 2.43 bits per heavy atom. The number of hydrogen-bond acceptors (Lipinski definition) is 3. The molecule has 3 aromatic rings. The molecule has 1 unspecified atom stereocenters. The molecule has 0 bridgehead atoms. The molecule has 0 saturated heterocycles. The fourth-order valence-corrected chi connectivity index (χ4v) is 3.15. The summed E-state index contributed by atoms with van der Waals surface area (Å²) >= 11 is 0. The summed E-state index contributed by atoms with van der Waals surface area (Å²) in [4.78, 5) is 12.6. The predicted molar refractivity (Wildman–Crippen MR) is 104 cm³/mol. The van der Waals surface area contributed by atoms with Crippen molar-refractivity contribution in [2.24, 2.45) is 0 Å². The molecular weight excluding hydrogens is 355 g/mol. The van der Waals surface area contributed by atoms with Crippen LogP contribution in [0.3, 0.4) is 0 Å². The number of carbonyl (C=O) groups is 1. The van der Waals surface area contributed by atoms with Crippen molar-refractivity contribution in [1.29, 1.82) is 5.26 Å². The first-order valence-electron chi connectivity index (χ1n) is 8.99. The van der Waals surface area contributed by atoms with Crippen LogP contribution in [0.2, 0.25) is 0 Å². The van der Waals surface area contributed by atoms with Gasteiger partial charge in [0.25, 0.3) is 0 Å². The standard InChI is InChI=1S/C22H21FN4O/c1-14(18-6-4-17(13-24)5-7-18)25-22(28)12-21-15(2)26-27(16(21)3)20-10-8-19(23)9-11-20/h4-11,14H,12H2,1-3H3,(H,25,28). The normalized spacial score (nSPS) is 11.7. The smallest absolute Gasteiger partial charge is 0.225 e. The van der Waals surface area contributed by atoms with E-state index in [-0.39, 0.29) is 24.2 Å². The number of nitriles is 1. The number of rotatable bonds is 5. The topological polar surface area (TPSA) is 70.7 Å². The maximum absolute atomic E-state index is 13.2. The van der Waals surface area contributed by atoms with Gasteiger partial charge in [-0.05, 0) is 62.7 Å². The van der Waals surface area contributed by atoms with Crippen molar-refractivity contribution >= 4 is 5.91 Å². The van der Waals surface area contributed by atoms with E-state index in [0.29, 0.717) is 5.56 Å². The van der Waals surface area contributed by atoms with E-state index in [9.17, 15) is 9.18 Å². The molecule has 0 fully saturated rings. The van der Waals surface area contributed by atoms with Crippen LogP contribution in [-0.2, 0) is 11.2 Å². The first-order valence-corrected chi connectivity index (χ1v) is 8.99. The van der Waals surface area contributed by atoms with Gasteiger partial charge >= 0.3 is 0 Å². The van der Waals surface area contributed by atoms with Crippen LogP contribution >= 0.6 is 0 Å². The van der Waals surface area contributed by atoms with Crippen molar-refractivity contribution in [3.05, 3.63) is 82.4 Å². The van der Waals surface area contributed by atoms with Crippen molar-refractivity contribution in [3.8, 4) is 11.8 Å². The van der Waals surface area contributed by atoms with Crippen molar-refractivity contribution in [1.82, 2.24) is 15.1 Å². The molecule has 6 heteroatoms. The van der Waals surface area contributed by atoms with E-state index in [1.54, 1.807) is 28.9 Å². The van der Waals surface area contributed by atoms with Crippen LogP contribution in [0.15, 0.2) is 48.5 Å². The van der Waals surface area contributed by atoms with E-state index < -0.39 is 0 Å². The van der Waals surface area contributed by atoms with E-state index in [1.165, 1.54) is 12.1 Å². The molecule has 1 aromatic heterocycles. The number of amides is 1. The fraction of sp³-hybridized carbons (Fsp3) is 0.227. The largest absolute Gasteiger partial charge is 0.349 e. The van der Waals surface area contributed by atoms with Crippen LogP contribution in [-0.4, -0.2) is 15.7 Å². The Morgan fingerprint density at radius 2 is 1.82 bits per heavy atom. The molecule has 2 aromatic carbocycles. The summed E-state index contributed by atoms with van der Waals surface area (Å²) in [7, 11) is 0. The summed E-state index contributed by atoms with van der Waals surface area (Å²) in [6.45, 7) is 5.66. The molecular formula is C22H21FN4O. The van der Waals surface area contributed by atoms with Gasteiger partial charge in [-0.1, -0.05) is 12.1 Å². The minimum Gasteiger partial charge on any atom is -0.349 e. The Kier molecular flexibility index (Phi) is 5.55. The van der Waals surface area contributed by atoms with Gasteiger partial charge in [-0.2, -0.15) is 10.4 Å². The van der Waals surface area contributed by atoms with E-state index in [1.807, 2.05) is 32.9 Å². The number of nitrogens with one attached hydrogen (secondary N) is 1. The van der Waals surface area contributed by atoms with Gasteiger partial charge in [0.15, 0.2) is 0 Å². The first-order chi connectivity index (χ1) is 13.4. The second kappa shape index (κ2) is 8.05. The maximum atomic E-state index is 13.2. The molecule has 1 amide bonds. The SMILES string of the molecule is Cc1nn(-c2ccc(F)cc2)c(C)c1CC(=O)NC(C)c1ccc(C#N)cc1. The molecule has 1 atom stereocenters. The second-order valence-corrected chi connectivity index (χ2v) is 6.74. The van der Waals surface area contributed by atoms with Crippen LogP contribution in [0.5, 0.6) is 0 Å². The molecule has 1 N–H and O–H groups in total. The lowest BCUT2D eigenvalue weighted by Gasteiger charge is -2.14. The third-order valence-corrected chi connectivity index (χ3v) is 4.77. The summed E-state index contributed by atoms with van der Waals surface area (Å²) in [6.07, 6.45) is 0.208. The van der Waals surface area contributed by atoms with Crippen LogP contribution in [0.25, 0.3) is 5.69 Å². The van der Waals surface area contributed by atoms with Crippen LogP contribution in [0, 0.1) is 31.0 Å². The van der Waals surface area contributed by atoms with Crippen molar-refractivity contribution < 1.29 is 9.18 Å². The Labute approximate surface area is 163 Å². The Bertz CT molecular complexity index is 1030. The van der Waals surface area contributed by atoms with Gasteiger partial charge < -0.3 is 5.32 Å². The summed E-state index contributed by atoms with van der Waals surface area (Å²) in [5, 5.41) is 16.4. The van der Waals surface area contributed by atoms with Gasteiger partial charge in [0, 0.05) is 11.3 Å². The molecule has 0 aliphatic carbocycles. The number of benzene rings is 2. The number of carbonyl (C=O) groups excluding carboxylic acids is 1. The highest BCUT2D eigenvalue weighted by Gasteiger charge is 2.17.